The van der Waals surface area contributed by atoms with Crippen LogP contribution in [0.15, 0.2) is 60.7 Å². The first-order valence-corrected chi connectivity index (χ1v) is 9.19. The van der Waals surface area contributed by atoms with Crippen LogP contribution in [0.5, 0.6) is 0 Å². The number of carbonyl (C=O) groups excluding carboxylic acids is 2. The standard InChI is InChI=1S/C19H20N2O3S/c22-17(13-20-19(23)24-14-15-7-3-1-4-8-15)21-11-12-25-18(21)16-9-5-2-6-10-16/h1-10,18H,11-14H2,(H,20,23). The monoisotopic (exact) mass is 356 g/mol. The molecule has 1 aliphatic rings. The summed E-state index contributed by atoms with van der Waals surface area (Å²) in [5, 5.41) is 2.55. The molecular formula is C19H20N2O3S. The summed E-state index contributed by atoms with van der Waals surface area (Å²) in [6.07, 6.45) is -0.583. The Balaban J connectivity index is 1.47. The predicted molar refractivity (Wildman–Crippen MR) is 98.0 cm³/mol. The van der Waals surface area contributed by atoms with Crippen LogP contribution < -0.4 is 5.32 Å². The lowest BCUT2D eigenvalue weighted by Crippen LogP contribution is -2.39. The van der Waals surface area contributed by atoms with Crippen molar-refractivity contribution in [2.45, 2.75) is 12.0 Å². The highest BCUT2D eigenvalue weighted by atomic mass is 32.2. The maximum Gasteiger partial charge on any atom is 0.407 e. The maximum absolute atomic E-state index is 12.5. The second-order valence-electron chi connectivity index (χ2n) is 5.64. The largest absolute Gasteiger partial charge is 0.445 e. The minimum atomic E-state index is -0.583. The Bertz CT molecular complexity index is 709. The van der Waals surface area contributed by atoms with Crippen LogP contribution in [0.2, 0.25) is 0 Å². The number of amides is 2. The lowest BCUT2D eigenvalue weighted by atomic mass is 10.2. The Morgan fingerprint density at radius 2 is 1.76 bits per heavy atom. The fraction of sp³-hybridized carbons (Fsp3) is 0.263. The van der Waals surface area contributed by atoms with Crippen molar-refractivity contribution < 1.29 is 14.3 Å². The first kappa shape index (κ1) is 17.4. The summed E-state index contributed by atoms with van der Waals surface area (Å²) in [5.74, 6) is 0.791. The van der Waals surface area contributed by atoms with E-state index in [0.717, 1.165) is 16.9 Å². The van der Waals surface area contributed by atoms with Gasteiger partial charge in [-0.1, -0.05) is 60.7 Å². The van der Waals surface area contributed by atoms with E-state index in [1.165, 1.54) is 0 Å². The highest BCUT2D eigenvalue weighted by Crippen LogP contribution is 2.37. The van der Waals surface area contributed by atoms with Gasteiger partial charge in [0.05, 0.1) is 0 Å². The summed E-state index contributed by atoms with van der Waals surface area (Å²) in [5.41, 5.74) is 2.01. The first-order valence-electron chi connectivity index (χ1n) is 8.14. The first-order chi connectivity index (χ1) is 12.2. The molecule has 0 bridgehead atoms. The van der Waals surface area contributed by atoms with E-state index in [1.807, 2.05) is 60.7 Å². The van der Waals surface area contributed by atoms with Crippen molar-refractivity contribution in [2.24, 2.45) is 0 Å². The van der Waals surface area contributed by atoms with E-state index in [4.69, 9.17) is 4.74 Å². The molecule has 0 radical (unpaired) electrons. The van der Waals surface area contributed by atoms with E-state index >= 15 is 0 Å². The Labute approximate surface area is 151 Å². The lowest BCUT2D eigenvalue weighted by Gasteiger charge is -2.24. The summed E-state index contributed by atoms with van der Waals surface area (Å²) in [4.78, 5) is 26.0. The van der Waals surface area contributed by atoms with Crippen LogP contribution in [0.3, 0.4) is 0 Å². The van der Waals surface area contributed by atoms with E-state index < -0.39 is 6.09 Å². The normalized spacial score (nSPS) is 16.5. The van der Waals surface area contributed by atoms with Gasteiger partial charge in [0.15, 0.2) is 0 Å². The highest BCUT2D eigenvalue weighted by Gasteiger charge is 2.30. The van der Waals surface area contributed by atoms with Gasteiger partial charge in [-0.15, -0.1) is 11.8 Å². The summed E-state index contributed by atoms with van der Waals surface area (Å²) < 4.78 is 5.13. The average Bonchev–Trinajstić information content (AvgIpc) is 3.16. The van der Waals surface area contributed by atoms with Gasteiger partial charge in [0, 0.05) is 12.3 Å². The van der Waals surface area contributed by atoms with E-state index in [1.54, 1.807) is 16.7 Å². The van der Waals surface area contributed by atoms with Crippen molar-refractivity contribution in [1.29, 1.82) is 0 Å². The maximum atomic E-state index is 12.5. The van der Waals surface area contributed by atoms with Crippen molar-refractivity contribution in [2.75, 3.05) is 18.8 Å². The zero-order valence-electron chi connectivity index (χ0n) is 13.8. The molecule has 1 heterocycles. The molecule has 1 unspecified atom stereocenters. The fourth-order valence-corrected chi connectivity index (χ4v) is 3.92. The van der Waals surface area contributed by atoms with Gasteiger partial charge in [0.25, 0.3) is 0 Å². The molecule has 2 aromatic rings. The summed E-state index contributed by atoms with van der Waals surface area (Å²) >= 11 is 1.73. The molecule has 5 nitrogen and oxygen atoms in total. The van der Waals surface area contributed by atoms with Crippen LogP contribution >= 0.6 is 11.8 Å². The van der Waals surface area contributed by atoms with Gasteiger partial charge < -0.3 is 15.0 Å². The predicted octanol–water partition coefficient (Wildman–Crippen LogP) is 3.19. The molecule has 3 rings (SSSR count). The molecule has 2 aromatic carbocycles. The van der Waals surface area contributed by atoms with E-state index in [9.17, 15) is 9.59 Å². The second-order valence-corrected chi connectivity index (χ2v) is 6.82. The quantitative estimate of drug-likeness (QED) is 0.894. The van der Waals surface area contributed by atoms with E-state index in [0.29, 0.717) is 6.54 Å². The fourth-order valence-electron chi connectivity index (χ4n) is 2.64. The average molecular weight is 356 g/mol. The smallest absolute Gasteiger partial charge is 0.407 e. The molecule has 0 aromatic heterocycles. The van der Waals surface area contributed by atoms with Crippen LogP contribution in [-0.4, -0.2) is 35.7 Å². The van der Waals surface area contributed by atoms with Crippen LogP contribution in [0, 0.1) is 0 Å². The van der Waals surface area contributed by atoms with Gasteiger partial charge in [-0.05, 0) is 11.1 Å². The molecule has 1 fully saturated rings. The topological polar surface area (TPSA) is 58.6 Å². The molecule has 1 atom stereocenters. The van der Waals surface area contributed by atoms with Crippen LogP contribution in [0.25, 0.3) is 0 Å². The van der Waals surface area contributed by atoms with Crippen molar-refractivity contribution in [3.63, 3.8) is 0 Å². The van der Waals surface area contributed by atoms with Crippen molar-refractivity contribution in [3.05, 3.63) is 71.8 Å². The lowest BCUT2D eigenvalue weighted by molar-refractivity contribution is -0.130. The third kappa shape index (κ3) is 4.76. The zero-order valence-corrected chi connectivity index (χ0v) is 14.6. The molecule has 1 aliphatic heterocycles. The van der Waals surface area contributed by atoms with Crippen LogP contribution in [-0.2, 0) is 16.1 Å². The van der Waals surface area contributed by atoms with Gasteiger partial charge in [-0.3, -0.25) is 4.79 Å². The van der Waals surface area contributed by atoms with Crippen molar-refractivity contribution >= 4 is 23.8 Å². The molecule has 0 aliphatic carbocycles. The Kier molecular flexibility index (Phi) is 5.95. The number of nitrogens with one attached hydrogen (secondary N) is 1. The SMILES string of the molecule is O=C(NCC(=O)N1CCSC1c1ccccc1)OCc1ccccc1. The number of nitrogens with zero attached hydrogens (tertiary/aromatic N) is 1. The number of thioether (sulfide) groups is 1. The second kappa shape index (κ2) is 8.58. The highest BCUT2D eigenvalue weighted by molar-refractivity contribution is 7.99. The number of ether oxygens (including phenoxy) is 1. The number of benzene rings is 2. The molecule has 0 saturated carbocycles. The number of rotatable bonds is 5. The van der Waals surface area contributed by atoms with Crippen LogP contribution in [0.4, 0.5) is 4.79 Å². The molecular weight excluding hydrogens is 336 g/mol. The molecule has 0 spiro atoms. The molecule has 6 heteroatoms. The van der Waals surface area contributed by atoms with Gasteiger partial charge >= 0.3 is 6.09 Å². The third-order valence-electron chi connectivity index (χ3n) is 3.89. The zero-order chi connectivity index (χ0) is 17.5. The van der Waals surface area contributed by atoms with Crippen molar-refractivity contribution in [1.82, 2.24) is 10.2 Å². The van der Waals surface area contributed by atoms with Crippen LogP contribution in [0.1, 0.15) is 16.5 Å². The Morgan fingerprint density at radius 1 is 1.08 bits per heavy atom. The number of alkyl carbamates (subject to hydrolysis) is 1. The summed E-state index contributed by atoms with van der Waals surface area (Å²) in [7, 11) is 0. The van der Waals surface area contributed by atoms with Crippen molar-refractivity contribution in [3.8, 4) is 0 Å². The Hall–Kier alpha value is -2.47. The molecule has 1 N–H and O–H groups in total. The number of carbonyl (C=O) groups is 2. The minimum Gasteiger partial charge on any atom is -0.445 e. The van der Waals surface area contributed by atoms with Gasteiger partial charge in [0.2, 0.25) is 5.91 Å². The minimum absolute atomic E-state index is 0.0100. The number of hydrogen-bond donors (Lipinski definition) is 1. The van der Waals surface area contributed by atoms with Gasteiger partial charge in [0.1, 0.15) is 18.5 Å². The van der Waals surface area contributed by atoms with Gasteiger partial charge in [-0.25, -0.2) is 4.79 Å². The summed E-state index contributed by atoms with van der Waals surface area (Å²) in [6.45, 7) is 0.814. The molecule has 1 saturated heterocycles. The third-order valence-corrected chi connectivity index (χ3v) is 5.15. The Morgan fingerprint density at radius 3 is 2.48 bits per heavy atom. The summed E-state index contributed by atoms with van der Waals surface area (Å²) in [6, 6.07) is 19.4. The van der Waals surface area contributed by atoms with Gasteiger partial charge in [-0.2, -0.15) is 0 Å². The molecule has 130 valence electrons. The molecule has 2 amide bonds. The van der Waals surface area contributed by atoms with E-state index in [2.05, 4.69) is 5.32 Å². The van der Waals surface area contributed by atoms with E-state index in [-0.39, 0.29) is 24.4 Å². The number of hydrogen-bond acceptors (Lipinski definition) is 4. The molecule has 25 heavy (non-hydrogen) atoms.